The van der Waals surface area contributed by atoms with E-state index >= 15 is 0 Å². The smallest absolute Gasteiger partial charge is 0.227 e. The van der Waals surface area contributed by atoms with Gasteiger partial charge in [0.05, 0.1) is 0 Å². The molecule has 0 spiro atoms. The lowest BCUT2D eigenvalue weighted by atomic mass is 10.1. The van der Waals surface area contributed by atoms with Gasteiger partial charge in [0.2, 0.25) is 5.91 Å². The minimum Gasteiger partial charge on any atom is -0.489 e. The molecule has 1 aliphatic carbocycles. The predicted molar refractivity (Wildman–Crippen MR) is 85.6 cm³/mol. The van der Waals surface area contributed by atoms with E-state index in [1.54, 1.807) is 12.4 Å². The maximum Gasteiger partial charge on any atom is 0.227 e. The van der Waals surface area contributed by atoms with Gasteiger partial charge in [-0.05, 0) is 54.8 Å². The number of amides is 1. The third kappa shape index (κ3) is 3.85. The Labute approximate surface area is 130 Å². The first kappa shape index (κ1) is 14.6. The molecule has 1 aromatic carbocycles. The molecule has 1 saturated carbocycles. The van der Waals surface area contributed by atoms with Gasteiger partial charge in [-0.2, -0.15) is 0 Å². The fourth-order valence-electron chi connectivity index (χ4n) is 2.71. The second-order valence-corrected chi connectivity index (χ2v) is 5.64. The summed E-state index contributed by atoms with van der Waals surface area (Å²) < 4.78 is 5.71. The Morgan fingerprint density at radius 2 is 1.77 bits per heavy atom. The molecule has 0 radical (unpaired) electrons. The Bertz CT molecular complexity index is 605. The van der Waals surface area contributed by atoms with Gasteiger partial charge in [0, 0.05) is 24.0 Å². The van der Waals surface area contributed by atoms with Crippen molar-refractivity contribution in [2.45, 2.75) is 32.3 Å². The van der Waals surface area contributed by atoms with Crippen molar-refractivity contribution in [1.29, 1.82) is 0 Å². The molecule has 1 fully saturated rings. The van der Waals surface area contributed by atoms with Gasteiger partial charge in [-0.15, -0.1) is 0 Å². The number of aromatic nitrogens is 1. The van der Waals surface area contributed by atoms with E-state index in [1.807, 2.05) is 36.4 Å². The Balaban J connectivity index is 1.52. The number of ether oxygens (including phenoxy) is 1. The maximum atomic E-state index is 12.1. The van der Waals surface area contributed by atoms with Crippen LogP contribution in [0.3, 0.4) is 0 Å². The van der Waals surface area contributed by atoms with Crippen molar-refractivity contribution < 1.29 is 9.53 Å². The van der Waals surface area contributed by atoms with Crippen molar-refractivity contribution >= 4 is 11.6 Å². The number of carbonyl (C=O) groups excluding carboxylic acids is 1. The normalized spacial score (nSPS) is 14.7. The van der Waals surface area contributed by atoms with Crippen LogP contribution in [0, 0.1) is 5.92 Å². The number of rotatable bonds is 5. The van der Waals surface area contributed by atoms with Gasteiger partial charge in [-0.25, -0.2) is 0 Å². The van der Waals surface area contributed by atoms with E-state index in [4.69, 9.17) is 4.74 Å². The van der Waals surface area contributed by atoms with E-state index in [-0.39, 0.29) is 11.8 Å². The molecule has 0 aliphatic heterocycles. The summed E-state index contributed by atoms with van der Waals surface area (Å²) >= 11 is 0. The molecule has 0 saturated heterocycles. The molecule has 3 rings (SSSR count). The zero-order valence-corrected chi connectivity index (χ0v) is 12.5. The fourth-order valence-corrected chi connectivity index (χ4v) is 2.71. The van der Waals surface area contributed by atoms with Gasteiger partial charge in [0.25, 0.3) is 0 Å². The number of pyridine rings is 1. The minimum absolute atomic E-state index is 0.142. The molecular weight excluding hydrogens is 276 g/mol. The molecule has 1 aromatic heterocycles. The monoisotopic (exact) mass is 296 g/mol. The SMILES string of the molecule is O=C(Nc1ccc(OCc2ccncc2)cc1)C1CCCC1. The molecule has 0 unspecified atom stereocenters. The molecule has 1 N–H and O–H groups in total. The molecule has 2 aromatic rings. The third-order valence-corrected chi connectivity index (χ3v) is 4.00. The van der Waals surface area contributed by atoms with Crippen LogP contribution in [0.5, 0.6) is 5.75 Å². The molecule has 4 heteroatoms. The largest absolute Gasteiger partial charge is 0.489 e. The summed E-state index contributed by atoms with van der Waals surface area (Å²) in [5.74, 6) is 1.11. The molecular formula is C18H20N2O2. The number of hydrogen-bond acceptors (Lipinski definition) is 3. The number of anilines is 1. The van der Waals surface area contributed by atoms with E-state index in [9.17, 15) is 4.79 Å². The van der Waals surface area contributed by atoms with E-state index in [0.717, 1.165) is 29.8 Å². The van der Waals surface area contributed by atoms with E-state index < -0.39 is 0 Å². The van der Waals surface area contributed by atoms with Crippen LogP contribution in [0.4, 0.5) is 5.69 Å². The number of nitrogens with one attached hydrogen (secondary N) is 1. The first-order chi connectivity index (χ1) is 10.8. The van der Waals surface area contributed by atoms with Crippen molar-refractivity contribution in [2.75, 3.05) is 5.32 Å². The standard InChI is InChI=1S/C18H20N2O2/c21-18(15-3-1-2-4-15)20-16-5-7-17(8-6-16)22-13-14-9-11-19-12-10-14/h5-12,15H,1-4,13H2,(H,20,21). The van der Waals surface area contributed by atoms with Gasteiger partial charge in [-0.3, -0.25) is 9.78 Å². The molecule has 1 amide bonds. The highest BCUT2D eigenvalue weighted by Gasteiger charge is 2.22. The highest BCUT2D eigenvalue weighted by Crippen LogP contribution is 2.26. The molecule has 4 nitrogen and oxygen atoms in total. The van der Waals surface area contributed by atoms with Crippen LogP contribution in [0.25, 0.3) is 0 Å². The summed E-state index contributed by atoms with van der Waals surface area (Å²) in [5, 5.41) is 2.98. The Kier molecular flexibility index (Phi) is 4.68. The Hall–Kier alpha value is -2.36. The lowest BCUT2D eigenvalue weighted by molar-refractivity contribution is -0.119. The second-order valence-electron chi connectivity index (χ2n) is 5.64. The van der Waals surface area contributed by atoms with Gasteiger partial charge in [0.15, 0.2) is 0 Å². The molecule has 114 valence electrons. The zero-order valence-electron chi connectivity index (χ0n) is 12.5. The average molecular weight is 296 g/mol. The van der Waals surface area contributed by atoms with E-state index in [0.29, 0.717) is 6.61 Å². The Morgan fingerprint density at radius 3 is 2.45 bits per heavy atom. The summed E-state index contributed by atoms with van der Waals surface area (Å²) in [6, 6.07) is 11.4. The van der Waals surface area contributed by atoms with E-state index in [1.165, 1.54) is 12.8 Å². The molecule has 0 bridgehead atoms. The summed E-state index contributed by atoms with van der Waals surface area (Å²) in [6.07, 6.45) is 7.86. The number of benzene rings is 1. The average Bonchev–Trinajstić information content (AvgIpc) is 3.10. The molecule has 1 aliphatic rings. The van der Waals surface area contributed by atoms with Crippen molar-refractivity contribution in [3.05, 3.63) is 54.4 Å². The Morgan fingerprint density at radius 1 is 1.09 bits per heavy atom. The van der Waals surface area contributed by atoms with Crippen LogP contribution >= 0.6 is 0 Å². The molecule has 0 atom stereocenters. The van der Waals surface area contributed by atoms with Crippen LogP contribution in [-0.4, -0.2) is 10.9 Å². The highest BCUT2D eigenvalue weighted by atomic mass is 16.5. The quantitative estimate of drug-likeness (QED) is 0.913. The van der Waals surface area contributed by atoms with Gasteiger partial charge in [-0.1, -0.05) is 12.8 Å². The summed E-state index contributed by atoms with van der Waals surface area (Å²) in [4.78, 5) is 16.0. The van der Waals surface area contributed by atoms with Crippen molar-refractivity contribution in [1.82, 2.24) is 4.98 Å². The van der Waals surface area contributed by atoms with Gasteiger partial charge in [0.1, 0.15) is 12.4 Å². The van der Waals surface area contributed by atoms with Gasteiger partial charge >= 0.3 is 0 Å². The predicted octanol–water partition coefficient (Wildman–Crippen LogP) is 3.79. The summed E-state index contributed by atoms with van der Waals surface area (Å²) in [6.45, 7) is 0.510. The van der Waals surface area contributed by atoms with Gasteiger partial charge < -0.3 is 10.1 Å². The number of hydrogen-bond donors (Lipinski definition) is 1. The van der Waals surface area contributed by atoms with E-state index in [2.05, 4.69) is 10.3 Å². The first-order valence-corrected chi connectivity index (χ1v) is 7.74. The van der Waals surface area contributed by atoms with Crippen LogP contribution in [0.15, 0.2) is 48.8 Å². The molecule has 1 heterocycles. The molecule has 22 heavy (non-hydrogen) atoms. The maximum absolute atomic E-state index is 12.1. The van der Waals surface area contributed by atoms with Crippen LogP contribution in [0.1, 0.15) is 31.2 Å². The zero-order chi connectivity index (χ0) is 15.2. The lowest BCUT2D eigenvalue weighted by Crippen LogP contribution is -2.20. The third-order valence-electron chi connectivity index (χ3n) is 4.00. The first-order valence-electron chi connectivity index (χ1n) is 7.74. The number of nitrogens with zero attached hydrogens (tertiary/aromatic N) is 1. The fraction of sp³-hybridized carbons (Fsp3) is 0.333. The summed E-state index contributed by atoms with van der Waals surface area (Å²) in [7, 11) is 0. The highest BCUT2D eigenvalue weighted by molar-refractivity contribution is 5.92. The van der Waals surface area contributed by atoms with Crippen molar-refractivity contribution in [3.63, 3.8) is 0 Å². The van der Waals surface area contributed by atoms with Crippen LogP contribution in [-0.2, 0) is 11.4 Å². The topological polar surface area (TPSA) is 51.2 Å². The lowest BCUT2D eigenvalue weighted by Gasteiger charge is -2.11. The van der Waals surface area contributed by atoms with Crippen molar-refractivity contribution in [3.8, 4) is 5.75 Å². The van der Waals surface area contributed by atoms with Crippen LogP contribution < -0.4 is 10.1 Å². The van der Waals surface area contributed by atoms with Crippen LogP contribution in [0.2, 0.25) is 0 Å². The minimum atomic E-state index is 0.142. The number of carbonyl (C=O) groups is 1. The second kappa shape index (κ2) is 7.07. The summed E-state index contributed by atoms with van der Waals surface area (Å²) in [5.41, 5.74) is 1.90. The van der Waals surface area contributed by atoms with Crippen molar-refractivity contribution in [2.24, 2.45) is 5.92 Å².